The minimum Gasteiger partial charge on any atom is -0.447 e. The van der Waals surface area contributed by atoms with Crippen molar-refractivity contribution in [1.82, 2.24) is 5.32 Å². The molecule has 0 spiro atoms. The Morgan fingerprint density at radius 2 is 1.53 bits per heavy atom. The predicted octanol–water partition coefficient (Wildman–Crippen LogP) is 2.74. The molecule has 0 unspecified atom stereocenters. The number of amides is 1. The summed E-state index contributed by atoms with van der Waals surface area (Å²) in [6.07, 6.45) is 5.40. The van der Waals surface area contributed by atoms with E-state index >= 15 is 0 Å². The fourth-order valence-corrected chi connectivity index (χ4v) is 1.42. The number of ether oxygens (including phenoxy) is 3. The van der Waals surface area contributed by atoms with Crippen LogP contribution in [0.25, 0.3) is 0 Å². The second kappa shape index (κ2) is 15.2. The highest BCUT2D eigenvalue weighted by Crippen LogP contribution is 1.98. The number of nitrogens with one attached hydrogen (secondary N) is 1. The molecule has 0 aliphatic heterocycles. The lowest BCUT2D eigenvalue weighted by atomic mass is 10.2. The summed E-state index contributed by atoms with van der Waals surface area (Å²) in [5, 5.41) is 2.63. The van der Waals surface area contributed by atoms with Crippen LogP contribution in [0, 0.1) is 0 Å². The number of unbranched alkanes of at least 4 members (excludes halogenated alkanes) is 3. The Labute approximate surface area is 117 Å². The molecule has 0 bridgehead atoms. The van der Waals surface area contributed by atoms with Crippen LogP contribution in [0.2, 0.25) is 0 Å². The van der Waals surface area contributed by atoms with Crippen molar-refractivity contribution in [2.75, 3.05) is 39.6 Å². The van der Waals surface area contributed by atoms with Crippen molar-refractivity contribution in [3.05, 3.63) is 0 Å². The maximum Gasteiger partial charge on any atom is 0.407 e. The van der Waals surface area contributed by atoms with Gasteiger partial charge < -0.3 is 19.5 Å². The van der Waals surface area contributed by atoms with Gasteiger partial charge in [0.2, 0.25) is 0 Å². The number of carbonyl (C=O) groups is 1. The molecule has 0 aromatic heterocycles. The number of rotatable bonds is 13. The van der Waals surface area contributed by atoms with Crippen molar-refractivity contribution in [2.24, 2.45) is 0 Å². The lowest BCUT2D eigenvalue weighted by molar-refractivity contribution is 0.0272. The Morgan fingerprint density at radius 3 is 2.21 bits per heavy atom. The van der Waals surface area contributed by atoms with Crippen LogP contribution < -0.4 is 5.32 Å². The Morgan fingerprint density at radius 1 is 0.842 bits per heavy atom. The second-order valence-electron chi connectivity index (χ2n) is 4.35. The summed E-state index contributed by atoms with van der Waals surface area (Å²) in [6, 6.07) is 0. The molecule has 0 aromatic rings. The van der Waals surface area contributed by atoms with E-state index in [1.165, 1.54) is 19.3 Å². The first-order chi connectivity index (χ1) is 9.31. The van der Waals surface area contributed by atoms with E-state index in [9.17, 15) is 4.79 Å². The minimum absolute atomic E-state index is 0.284. The zero-order valence-electron chi connectivity index (χ0n) is 12.4. The molecule has 1 N–H and O–H groups in total. The van der Waals surface area contributed by atoms with E-state index < -0.39 is 0 Å². The van der Waals surface area contributed by atoms with Gasteiger partial charge in [-0.3, -0.25) is 0 Å². The van der Waals surface area contributed by atoms with Crippen LogP contribution in [0.3, 0.4) is 0 Å². The number of carbonyl (C=O) groups excluding carboxylic acids is 1. The van der Waals surface area contributed by atoms with E-state index in [1.807, 2.05) is 6.92 Å². The van der Waals surface area contributed by atoms with Crippen molar-refractivity contribution in [2.45, 2.75) is 46.0 Å². The fraction of sp³-hybridized carbons (Fsp3) is 0.929. The quantitative estimate of drug-likeness (QED) is 0.525. The Balaban J connectivity index is 3.04. The summed E-state index contributed by atoms with van der Waals surface area (Å²) >= 11 is 0. The van der Waals surface area contributed by atoms with Crippen molar-refractivity contribution >= 4 is 6.09 Å². The average molecular weight is 275 g/mol. The molecule has 0 aliphatic carbocycles. The molecule has 0 radical (unpaired) electrons. The van der Waals surface area contributed by atoms with Crippen LogP contribution in [0.15, 0.2) is 0 Å². The van der Waals surface area contributed by atoms with Crippen molar-refractivity contribution in [3.63, 3.8) is 0 Å². The van der Waals surface area contributed by atoms with Gasteiger partial charge in [-0.1, -0.05) is 33.1 Å². The molecule has 1 amide bonds. The first-order valence-electron chi connectivity index (χ1n) is 7.37. The molecular formula is C14H29NO4. The lowest BCUT2D eigenvalue weighted by Gasteiger charge is -2.07. The molecule has 19 heavy (non-hydrogen) atoms. The molecule has 5 heteroatoms. The zero-order valence-corrected chi connectivity index (χ0v) is 12.4. The first kappa shape index (κ1) is 18.2. The molecular weight excluding hydrogens is 246 g/mol. The van der Waals surface area contributed by atoms with Gasteiger partial charge in [0.05, 0.1) is 19.8 Å². The van der Waals surface area contributed by atoms with Crippen LogP contribution >= 0.6 is 0 Å². The molecule has 0 fully saturated rings. The van der Waals surface area contributed by atoms with Gasteiger partial charge in [0.1, 0.15) is 6.61 Å². The van der Waals surface area contributed by atoms with Crippen LogP contribution in [0.4, 0.5) is 4.79 Å². The third-order valence-electron chi connectivity index (χ3n) is 2.49. The number of alkyl carbamates (subject to hydrolysis) is 1. The van der Waals surface area contributed by atoms with Crippen molar-refractivity contribution in [3.8, 4) is 0 Å². The van der Waals surface area contributed by atoms with Gasteiger partial charge >= 0.3 is 6.09 Å². The molecule has 0 aromatic carbocycles. The summed E-state index contributed by atoms with van der Waals surface area (Å²) in [7, 11) is 0. The van der Waals surface area contributed by atoms with Gasteiger partial charge in [-0.15, -0.1) is 0 Å². The molecule has 0 rings (SSSR count). The second-order valence-corrected chi connectivity index (χ2v) is 4.35. The standard InChI is InChI=1S/C14H29NO4/c1-3-5-6-7-9-17-10-11-18-12-13-19-14(16)15-8-4-2/h3-13H2,1-2H3,(H,15,16). The van der Waals surface area contributed by atoms with Crippen molar-refractivity contribution in [1.29, 1.82) is 0 Å². The van der Waals surface area contributed by atoms with Crippen LogP contribution in [-0.4, -0.2) is 45.7 Å². The average Bonchev–Trinajstić information content (AvgIpc) is 2.42. The molecule has 114 valence electrons. The van der Waals surface area contributed by atoms with Gasteiger partial charge in [-0.2, -0.15) is 0 Å². The smallest absolute Gasteiger partial charge is 0.407 e. The van der Waals surface area contributed by atoms with Crippen LogP contribution in [-0.2, 0) is 14.2 Å². The van der Waals surface area contributed by atoms with Gasteiger partial charge in [-0.05, 0) is 12.8 Å². The normalized spacial score (nSPS) is 10.4. The summed E-state index contributed by atoms with van der Waals surface area (Å²) in [5.41, 5.74) is 0. The summed E-state index contributed by atoms with van der Waals surface area (Å²) in [4.78, 5) is 11.0. The lowest BCUT2D eigenvalue weighted by Crippen LogP contribution is -2.26. The predicted molar refractivity (Wildman–Crippen MR) is 75.4 cm³/mol. The van der Waals surface area contributed by atoms with Crippen LogP contribution in [0.1, 0.15) is 46.0 Å². The Kier molecular flexibility index (Phi) is 14.6. The topological polar surface area (TPSA) is 56.8 Å². The van der Waals surface area contributed by atoms with E-state index in [-0.39, 0.29) is 12.7 Å². The van der Waals surface area contributed by atoms with Gasteiger partial charge in [0.15, 0.2) is 0 Å². The van der Waals surface area contributed by atoms with Gasteiger partial charge in [0, 0.05) is 13.2 Å². The number of hydrogen-bond acceptors (Lipinski definition) is 4. The summed E-state index contributed by atoms with van der Waals surface area (Å²) in [6.45, 7) is 7.49. The first-order valence-corrected chi connectivity index (χ1v) is 7.37. The van der Waals surface area contributed by atoms with E-state index in [0.717, 1.165) is 19.4 Å². The third kappa shape index (κ3) is 15.1. The Bertz CT molecular complexity index is 200. The highest BCUT2D eigenvalue weighted by molar-refractivity contribution is 5.66. The van der Waals surface area contributed by atoms with Crippen molar-refractivity contribution < 1.29 is 19.0 Å². The summed E-state index contributed by atoms with van der Waals surface area (Å²) in [5.74, 6) is 0. The SMILES string of the molecule is CCCCCCOCCOCCOC(=O)NCCC. The maximum atomic E-state index is 11.0. The van der Waals surface area contributed by atoms with Gasteiger partial charge in [0.25, 0.3) is 0 Å². The van der Waals surface area contributed by atoms with Crippen LogP contribution in [0.5, 0.6) is 0 Å². The monoisotopic (exact) mass is 275 g/mol. The molecule has 0 atom stereocenters. The van der Waals surface area contributed by atoms with E-state index in [2.05, 4.69) is 12.2 Å². The minimum atomic E-state index is -0.377. The highest BCUT2D eigenvalue weighted by Gasteiger charge is 1.99. The zero-order chi connectivity index (χ0) is 14.2. The fourth-order valence-electron chi connectivity index (χ4n) is 1.42. The largest absolute Gasteiger partial charge is 0.447 e. The summed E-state index contributed by atoms with van der Waals surface area (Å²) < 4.78 is 15.6. The van der Waals surface area contributed by atoms with Gasteiger partial charge in [-0.25, -0.2) is 4.79 Å². The van der Waals surface area contributed by atoms with E-state index in [4.69, 9.17) is 14.2 Å². The third-order valence-corrected chi connectivity index (χ3v) is 2.49. The Hall–Kier alpha value is -0.810. The molecule has 5 nitrogen and oxygen atoms in total. The maximum absolute atomic E-state index is 11.0. The molecule has 0 saturated carbocycles. The molecule has 0 aliphatic rings. The van der Waals surface area contributed by atoms with E-state index in [1.54, 1.807) is 0 Å². The number of hydrogen-bond donors (Lipinski definition) is 1. The van der Waals surface area contributed by atoms with E-state index in [0.29, 0.717) is 26.4 Å². The highest BCUT2D eigenvalue weighted by atomic mass is 16.6. The molecule has 0 saturated heterocycles. The molecule has 0 heterocycles.